The van der Waals surface area contributed by atoms with E-state index in [4.69, 9.17) is 5.73 Å². The Kier molecular flexibility index (Phi) is 4.43. The van der Waals surface area contributed by atoms with Gasteiger partial charge in [-0.25, -0.2) is 4.98 Å². The van der Waals surface area contributed by atoms with Crippen LogP contribution in [0, 0.1) is 0 Å². The zero-order valence-corrected chi connectivity index (χ0v) is 12.2. The van der Waals surface area contributed by atoms with E-state index in [9.17, 15) is 0 Å². The molecular formula is C16H21N5. The van der Waals surface area contributed by atoms with Gasteiger partial charge in [0.25, 0.3) is 0 Å². The second-order valence-electron chi connectivity index (χ2n) is 5.35. The molecule has 1 fully saturated rings. The van der Waals surface area contributed by atoms with Crippen LogP contribution in [0.15, 0.2) is 42.9 Å². The Morgan fingerprint density at radius 3 is 2.29 bits per heavy atom. The van der Waals surface area contributed by atoms with Crippen molar-refractivity contribution in [1.29, 1.82) is 0 Å². The molecule has 0 unspecified atom stereocenters. The fourth-order valence-corrected chi connectivity index (χ4v) is 2.63. The van der Waals surface area contributed by atoms with Gasteiger partial charge in [0.05, 0.1) is 6.20 Å². The molecule has 0 atom stereocenters. The second-order valence-corrected chi connectivity index (χ2v) is 5.35. The number of hydrogen-bond donors (Lipinski definition) is 1. The summed E-state index contributed by atoms with van der Waals surface area (Å²) in [6.45, 7) is 5.71. The molecule has 0 spiro atoms. The minimum Gasteiger partial charge on any atom is -0.353 e. The van der Waals surface area contributed by atoms with Crippen LogP contribution < -0.4 is 10.6 Å². The maximum atomic E-state index is 5.63. The van der Waals surface area contributed by atoms with Crippen LogP contribution in [0.5, 0.6) is 0 Å². The summed E-state index contributed by atoms with van der Waals surface area (Å²) in [6.07, 6.45) is 5.30. The summed E-state index contributed by atoms with van der Waals surface area (Å²) >= 11 is 0. The molecule has 5 nitrogen and oxygen atoms in total. The summed E-state index contributed by atoms with van der Waals surface area (Å²) in [5.74, 6) is 0.976. The Morgan fingerprint density at radius 1 is 0.952 bits per heavy atom. The van der Waals surface area contributed by atoms with Gasteiger partial charge in [-0.15, -0.1) is 0 Å². The summed E-state index contributed by atoms with van der Waals surface area (Å²) < 4.78 is 0. The Balaban J connectivity index is 1.53. The molecule has 0 bridgehead atoms. The smallest absolute Gasteiger partial charge is 0.147 e. The summed E-state index contributed by atoms with van der Waals surface area (Å²) in [7, 11) is 0. The van der Waals surface area contributed by atoms with E-state index in [2.05, 4.69) is 44.0 Å². The molecule has 1 aliphatic heterocycles. The highest BCUT2D eigenvalue weighted by Crippen LogP contribution is 2.14. The quantitative estimate of drug-likeness (QED) is 0.915. The molecule has 1 aromatic carbocycles. The molecular weight excluding hydrogens is 262 g/mol. The monoisotopic (exact) mass is 283 g/mol. The van der Waals surface area contributed by atoms with Gasteiger partial charge >= 0.3 is 0 Å². The lowest BCUT2D eigenvalue weighted by Gasteiger charge is -2.35. The fraction of sp³-hybridized carbons (Fsp3) is 0.375. The molecule has 110 valence electrons. The minimum absolute atomic E-state index is 0.608. The average molecular weight is 283 g/mol. The highest BCUT2D eigenvalue weighted by atomic mass is 15.3. The lowest BCUT2D eigenvalue weighted by atomic mass is 10.1. The van der Waals surface area contributed by atoms with Crippen molar-refractivity contribution in [3.8, 4) is 0 Å². The highest BCUT2D eigenvalue weighted by Gasteiger charge is 2.17. The van der Waals surface area contributed by atoms with Gasteiger partial charge in [-0.3, -0.25) is 9.88 Å². The standard InChI is InChI=1S/C16H21N5/c17-11-14-1-3-15(4-2-14)13-20-7-9-21(10-8-20)16-12-18-5-6-19-16/h1-6,12H,7-11,13,17H2. The van der Waals surface area contributed by atoms with Crippen LogP contribution in [0.25, 0.3) is 0 Å². The first-order chi connectivity index (χ1) is 10.3. The third-order valence-electron chi connectivity index (χ3n) is 3.91. The Labute approximate surface area is 125 Å². The lowest BCUT2D eigenvalue weighted by molar-refractivity contribution is 0.249. The summed E-state index contributed by atoms with van der Waals surface area (Å²) in [4.78, 5) is 13.3. The molecule has 21 heavy (non-hydrogen) atoms. The minimum atomic E-state index is 0.608. The zero-order chi connectivity index (χ0) is 14.5. The maximum absolute atomic E-state index is 5.63. The van der Waals surface area contributed by atoms with Crippen molar-refractivity contribution in [2.45, 2.75) is 13.1 Å². The van der Waals surface area contributed by atoms with Crippen molar-refractivity contribution < 1.29 is 0 Å². The van der Waals surface area contributed by atoms with Gasteiger partial charge in [-0.2, -0.15) is 0 Å². The van der Waals surface area contributed by atoms with Gasteiger partial charge in [-0.1, -0.05) is 24.3 Å². The van der Waals surface area contributed by atoms with E-state index in [0.29, 0.717) is 6.54 Å². The fourth-order valence-electron chi connectivity index (χ4n) is 2.63. The van der Waals surface area contributed by atoms with Crippen LogP contribution in [0.3, 0.4) is 0 Å². The molecule has 0 saturated carbocycles. The van der Waals surface area contributed by atoms with Gasteiger partial charge in [0.2, 0.25) is 0 Å². The Morgan fingerprint density at radius 2 is 1.67 bits per heavy atom. The summed E-state index contributed by atoms with van der Waals surface area (Å²) in [5, 5.41) is 0. The second kappa shape index (κ2) is 6.65. The zero-order valence-electron chi connectivity index (χ0n) is 12.2. The van der Waals surface area contributed by atoms with E-state index in [1.165, 1.54) is 11.1 Å². The first kappa shape index (κ1) is 14.0. The SMILES string of the molecule is NCc1ccc(CN2CCN(c3cnccn3)CC2)cc1. The molecule has 5 heteroatoms. The third kappa shape index (κ3) is 3.56. The van der Waals surface area contributed by atoms with Gasteiger partial charge in [0, 0.05) is 51.7 Å². The number of nitrogens with zero attached hydrogens (tertiary/aromatic N) is 4. The van der Waals surface area contributed by atoms with E-state index >= 15 is 0 Å². The molecule has 2 heterocycles. The summed E-state index contributed by atoms with van der Waals surface area (Å²) in [5.41, 5.74) is 8.16. The number of hydrogen-bond acceptors (Lipinski definition) is 5. The van der Waals surface area contributed by atoms with Gasteiger partial charge in [0.15, 0.2) is 0 Å². The summed E-state index contributed by atoms with van der Waals surface area (Å²) in [6, 6.07) is 8.59. The van der Waals surface area contributed by atoms with Gasteiger partial charge in [0.1, 0.15) is 5.82 Å². The molecule has 0 amide bonds. The topological polar surface area (TPSA) is 58.3 Å². The molecule has 1 aliphatic rings. The van der Waals surface area contributed by atoms with Crippen LogP contribution in [-0.2, 0) is 13.1 Å². The first-order valence-electron chi connectivity index (χ1n) is 7.36. The number of anilines is 1. The highest BCUT2D eigenvalue weighted by molar-refractivity contribution is 5.35. The molecule has 1 saturated heterocycles. The normalized spacial score (nSPS) is 16.1. The largest absolute Gasteiger partial charge is 0.353 e. The number of benzene rings is 1. The van der Waals surface area contributed by atoms with E-state index in [0.717, 1.165) is 38.5 Å². The Hall–Kier alpha value is -1.98. The van der Waals surface area contributed by atoms with Gasteiger partial charge in [-0.05, 0) is 11.1 Å². The Bertz CT molecular complexity index is 547. The lowest BCUT2D eigenvalue weighted by Crippen LogP contribution is -2.46. The van der Waals surface area contributed by atoms with Crippen LogP contribution in [0.2, 0.25) is 0 Å². The predicted molar refractivity (Wildman–Crippen MR) is 83.9 cm³/mol. The van der Waals surface area contributed by atoms with Crippen molar-refractivity contribution in [3.05, 3.63) is 54.0 Å². The predicted octanol–water partition coefficient (Wildman–Crippen LogP) is 1.26. The number of nitrogens with two attached hydrogens (primary N) is 1. The van der Waals surface area contributed by atoms with E-state index in [-0.39, 0.29) is 0 Å². The van der Waals surface area contributed by atoms with Crippen molar-refractivity contribution in [2.24, 2.45) is 5.73 Å². The third-order valence-corrected chi connectivity index (χ3v) is 3.91. The van der Waals surface area contributed by atoms with E-state index in [1.54, 1.807) is 12.4 Å². The molecule has 0 aliphatic carbocycles. The van der Waals surface area contributed by atoms with Crippen molar-refractivity contribution in [1.82, 2.24) is 14.9 Å². The van der Waals surface area contributed by atoms with Crippen LogP contribution in [0.1, 0.15) is 11.1 Å². The van der Waals surface area contributed by atoms with Crippen LogP contribution >= 0.6 is 0 Å². The first-order valence-corrected chi connectivity index (χ1v) is 7.36. The van der Waals surface area contributed by atoms with E-state index < -0.39 is 0 Å². The number of rotatable bonds is 4. The van der Waals surface area contributed by atoms with Crippen molar-refractivity contribution in [3.63, 3.8) is 0 Å². The van der Waals surface area contributed by atoms with Crippen LogP contribution in [0.4, 0.5) is 5.82 Å². The molecule has 1 aromatic heterocycles. The maximum Gasteiger partial charge on any atom is 0.147 e. The van der Waals surface area contributed by atoms with E-state index in [1.807, 2.05) is 6.20 Å². The molecule has 2 N–H and O–H groups in total. The van der Waals surface area contributed by atoms with Crippen molar-refractivity contribution >= 4 is 5.82 Å². The van der Waals surface area contributed by atoms with Gasteiger partial charge < -0.3 is 10.6 Å². The molecule has 2 aromatic rings. The van der Waals surface area contributed by atoms with Crippen LogP contribution in [-0.4, -0.2) is 41.0 Å². The number of piperazine rings is 1. The molecule has 0 radical (unpaired) electrons. The molecule has 3 rings (SSSR count). The van der Waals surface area contributed by atoms with Crippen molar-refractivity contribution in [2.75, 3.05) is 31.1 Å². The number of aromatic nitrogens is 2. The average Bonchev–Trinajstić information content (AvgIpc) is 2.57.